The van der Waals surface area contributed by atoms with Crippen molar-refractivity contribution in [3.8, 4) is 0 Å². The first-order valence-corrected chi connectivity index (χ1v) is 9.04. The van der Waals surface area contributed by atoms with Gasteiger partial charge >= 0.3 is 0 Å². The Morgan fingerprint density at radius 2 is 2.00 bits per heavy atom. The van der Waals surface area contributed by atoms with Crippen LogP contribution in [0.1, 0.15) is 59.3 Å². The van der Waals surface area contributed by atoms with Crippen molar-refractivity contribution in [3.63, 3.8) is 0 Å². The minimum absolute atomic E-state index is 0.314. The molecule has 0 aromatic rings. The summed E-state index contributed by atoms with van der Waals surface area (Å²) in [7, 11) is 2.35. The van der Waals surface area contributed by atoms with Crippen LogP contribution in [-0.4, -0.2) is 50.3 Å². The van der Waals surface area contributed by atoms with Crippen molar-refractivity contribution in [1.82, 2.24) is 10.2 Å². The van der Waals surface area contributed by atoms with E-state index in [2.05, 4.69) is 38.0 Å². The monoisotopic (exact) mass is 296 g/mol. The van der Waals surface area contributed by atoms with Crippen LogP contribution in [0.25, 0.3) is 0 Å². The molecule has 0 bridgehead atoms. The normalized spacial score (nSPS) is 34.6. The molecule has 1 saturated heterocycles. The minimum atomic E-state index is 0.314. The van der Waals surface area contributed by atoms with Crippen molar-refractivity contribution in [1.29, 1.82) is 0 Å². The SMILES string of the molecule is CC(C)NCC1(CN(C)C2CCCCC2C)CCCOC1. The summed E-state index contributed by atoms with van der Waals surface area (Å²) in [4.78, 5) is 2.65. The molecule has 0 amide bonds. The molecule has 3 nitrogen and oxygen atoms in total. The van der Waals surface area contributed by atoms with Gasteiger partial charge < -0.3 is 15.0 Å². The summed E-state index contributed by atoms with van der Waals surface area (Å²) in [6.07, 6.45) is 8.14. The van der Waals surface area contributed by atoms with Gasteiger partial charge in [-0.15, -0.1) is 0 Å². The molecule has 124 valence electrons. The highest BCUT2D eigenvalue weighted by Crippen LogP contribution is 2.33. The predicted molar refractivity (Wildman–Crippen MR) is 89.7 cm³/mol. The predicted octanol–water partition coefficient (Wildman–Crippen LogP) is 3.29. The number of hydrogen-bond donors (Lipinski definition) is 1. The molecule has 2 rings (SSSR count). The minimum Gasteiger partial charge on any atom is -0.381 e. The van der Waals surface area contributed by atoms with Crippen molar-refractivity contribution in [2.45, 2.75) is 71.4 Å². The van der Waals surface area contributed by atoms with Crippen molar-refractivity contribution in [2.24, 2.45) is 11.3 Å². The molecule has 3 heteroatoms. The van der Waals surface area contributed by atoms with Crippen LogP contribution in [-0.2, 0) is 4.74 Å². The van der Waals surface area contributed by atoms with E-state index in [0.29, 0.717) is 11.5 Å². The molecule has 1 aliphatic heterocycles. The largest absolute Gasteiger partial charge is 0.381 e. The second-order valence-corrected chi connectivity index (χ2v) is 7.94. The summed E-state index contributed by atoms with van der Waals surface area (Å²) in [6.45, 7) is 11.1. The summed E-state index contributed by atoms with van der Waals surface area (Å²) < 4.78 is 5.87. The number of nitrogens with one attached hydrogen (secondary N) is 1. The molecule has 2 aliphatic rings. The van der Waals surface area contributed by atoms with Crippen molar-refractivity contribution < 1.29 is 4.74 Å². The fourth-order valence-corrected chi connectivity index (χ4v) is 4.25. The Kier molecular flexibility index (Phi) is 6.51. The number of hydrogen-bond acceptors (Lipinski definition) is 3. The molecule has 1 saturated carbocycles. The van der Waals surface area contributed by atoms with Gasteiger partial charge in [-0.1, -0.05) is 33.6 Å². The van der Waals surface area contributed by atoms with Crippen LogP contribution in [0, 0.1) is 11.3 Å². The smallest absolute Gasteiger partial charge is 0.0546 e. The maximum atomic E-state index is 5.87. The zero-order chi connectivity index (χ0) is 15.3. The third-order valence-corrected chi connectivity index (χ3v) is 5.51. The second kappa shape index (κ2) is 7.94. The molecule has 1 N–H and O–H groups in total. The van der Waals surface area contributed by atoms with Crippen molar-refractivity contribution in [2.75, 3.05) is 33.4 Å². The lowest BCUT2D eigenvalue weighted by Crippen LogP contribution is -2.52. The average Bonchev–Trinajstić information content (AvgIpc) is 2.46. The first-order chi connectivity index (χ1) is 10.0. The highest BCUT2D eigenvalue weighted by atomic mass is 16.5. The molecule has 0 aromatic carbocycles. The van der Waals surface area contributed by atoms with Crippen LogP contribution in [0.2, 0.25) is 0 Å². The third kappa shape index (κ3) is 4.94. The van der Waals surface area contributed by atoms with Crippen LogP contribution in [0.4, 0.5) is 0 Å². The van der Waals surface area contributed by atoms with E-state index >= 15 is 0 Å². The Morgan fingerprint density at radius 3 is 2.62 bits per heavy atom. The van der Waals surface area contributed by atoms with E-state index in [0.717, 1.165) is 31.7 Å². The highest BCUT2D eigenvalue weighted by Gasteiger charge is 2.36. The van der Waals surface area contributed by atoms with E-state index in [1.54, 1.807) is 0 Å². The highest BCUT2D eigenvalue weighted by molar-refractivity contribution is 4.90. The lowest BCUT2D eigenvalue weighted by molar-refractivity contribution is -0.0351. The maximum Gasteiger partial charge on any atom is 0.0546 e. The van der Waals surface area contributed by atoms with E-state index < -0.39 is 0 Å². The molecule has 0 aromatic heterocycles. The number of nitrogens with zero attached hydrogens (tertiary/aromatic N) is 1. The topological polar surface area (TPSA) is 24.5 Å². The van der Waals surface area contributed by atoms with Crippen molar-refractivity contribution in [3.05, 3.63) is 0 Å². The van der Waals surface area contributed by atoms with Crippen LogP contribution in [0.15, 0.2) is 0 Å². The molecule has 3 unspecified atom stereocenters. The van der Waals surface area contributed by atoms with Gasteiger partial charge in [-0.2, -0.15) is 0 Å². The average molecular weight is 296 g/mol. The summed E-state index contributed by atoms with van der Waals surface area (Å²) >= 11 is 0. The Hall–Kier alpha value is -0.120. The van der Waals surface area contributed by atoms with Gasteiger partial charge in [0.1, 0.15) is 0 Å². The second-order valence-electron chi connectivity index (χ2n) is 7.94. The summed E-state index contributed by atoms with van der Waals surface area (Å²) in [5.41, 5.74) is 0.314. The van der Waals surface area contributed by atoms with E-state index in [1.165, 1.54) is 45.1 Å². The zero-order valence-corrected chi connectivity index (χ0v) is 14.7. The first kappa shape index (κ1) is 17.2. The van der Waals surface area contributed by atoms with Gasteiger partial charge in [0.15, 0.2) is 0 Å². The van der Waals surface area contributed by atoms with Crippen LogP contribution >= 0.6 is 0 Å². The van der Waals surface area contributed by atoms with Gasteiger partial charge in [0.2, 0.25) is 0 Å². The van der Waals surface area contributed by atoms with Crippen LogP contribution in [0.3, 0.4) is 0 Å². The first-order valence-electron chi connectivity index (χ1n) is 9.04. The third-order valence-electron chi connectivity index (χ3n) is 5.51. The van der Waals surface area contributed by atoms with Crippen LogP contribution in [0.5, 0.6) is 0 Å². The summed E-state index contributed by atoms with van der Waals surface area (Å²) in [6, 6.07) is 1.33. The molecular weight excluding hydrogens is 260 g/mol. The van der Waals surface area contributed by atoms with E-state index in [9.17, 15) is 0 Å². The lowest BCUT2D eigenvalue weighted by Gasteiger charge is -2.45. The van der Waals surface area contributed by atoms with Gasteiger partial charge in [0, 0.05) is 37.2 Å². The fourth-order valence-electron chi connectivity index (χ4n) is 4.25. The standard InChI is InChI=1S/C18H36N2O/c1-15(2)19-12-18(10-7-11-21-14-18)13-20(4)17-9-6-5-8-16(17)3/h15-17,19H,5-14H2,1-4H3. The molecule has 0 spiro atoms. The van der Waals surface area contributed by atoms with Crippen molar-refractivity contribution >= 4 is 0 Å². The molecule has 2 fully saturated rings. The summed E-state index contributed by atoms with van der Waals surface area (Å²) in [5, 5.41) is 3.67. The van der Waals surface area contributed by atoms with E-state index in [4.69, 9.17) is 4.74 Å². The number of ether oxygens (including phenoxy) is 1. The van der Waals surface area contributed by atoms with E-state index in [1.807, 2.05) is 0 Å². The Balaban J connectivity index is 1.96. The van der Waals surface area contributed by atoms with Gasteiger partial charge in [-0.3, -0.25) is 0 Å². The maximum absolute atomic E-state index is 5.87. The fraction of sp³-hybridized carbons (Fsp3) is 1.00. The lowest BCUT2D eigenvalue weighted by atomic mass is 9.79. The molecular formula is C18H36N2O. The zero-order valence-electron chi connectivity index (χ0n) is 14.7. The quantitative estimate of drug-likeness (QED) is 0.814. The summed E-state index contributed by atoms with van der Waals surface area (Å²) in [5.74, 6) is 0.850. The number of rotatable bonds is 6. The molecule has 1 heterocycles. The Morgan fingerprint density at radius 1 is 1.24 bits per heavy atom. The van der Waals surface area contributed by atoms with E-state index in [-0.39, 0.29) is 0 Å². The van der Waals surface area contributed by atoms with Gasteiger partial charge in [-0.05, 0) is 38.6 Å². The molecule has 0 radical (unpaired) electrons. The molecule has 21 heavy (non-hydrogen) atoms. The Labute approximate surface area is 131 Å². The van der Waals surface area contributed by atoms with Gasteiger partial charge in [0.05, 0.1) is 6.61 Å². The Bertz CT molecular complexity index is 300. The molecule has 1 aliphatic carbocycles. The molecule has 3 atom stereocenters. The van der Waals surface area contributed by atoms with Gasteiger partial charge in [-0.25, -0.2) is 0 Å². The van der Waals surface area contributed by atoms with Crippen LogP contribution < -0.4 is 5.32 Å². The van der Waals surface area contributed by atoms with Gasteiger partial charge in [0.25, 0.3) is 0 Å².